The zero-order valence-corrected chi connectivity index (χ0v) is 9.84. The Morgan fingerprint density at radius 1 is 1.41 bits per heavy atom. The highest BCUT2D eigenvalue weighted by Crippen LogP contribution is 2.17. The minimum atomic E-state index is 0.657. The first-order chi connectivity index (χ1) is 8.35. The van der Waals surface area contributed by atoms with Gasteiger partial charge < -0.3 is 4.90 Å². The maximum atomic E-state index is 9.04. The second-order valence-corrected chi connectivity index (χ2v) is 4.06. The third-order valence-electron chi connectivity index (χ3n) is 2.97. The maximum absolute atomic E-state index is 9.04. The molecular weight excluding hydrogens is 212 g/mol. The molecule has 4 nitrogen and oxygen atoms in total. The Bertz CT molecular complexity index is 427. The van der Waals surface area contributed by atoms with Crippen molar-refractivity contribution < 1.29 is 0 Å². The molecule has 0 aromatic carbocycles. The van der Waals surface area contributed by atoms with Crippen molar-refractivity contribution in [3.8, 4) is 6.07 Å². The van der Waals surface area contributed by atoms with Gasteiger partial charge in [0.25, 0.3) is 0 Å². The third-order valence-corrected chi connectivity index (χ3v) is 2.97. The lowest BCUT2D eigenvalue weighted by molar-refractivity contribution is 0.283. The van der Waals surface area contributed by atoms with Crippen molar-refractivity contribution in [3.05, 3.63) is 36.5 Å². The van der Waals surface area contributed by atoms with Crippen LogP contribution in [0.25, 0.3) is 0 Å². The van der Waals surface area contributed by atoms with E-state index in [0.717, 1.165) is 38.5 Å². The van der Waals surface area contributed by atoms with E-state index in [2.05, 4.69) is 27.4 Å². The third kappa shape index (κ3) is 2.63. The highest BCUT2D eigenvalue weighted by Gasteiger charge is 2.18. The lowest BCUT2D eigenvalue weighted by atomic mass is 10.2. The molecule has 0 bridgehead atoms. The number of pyridine rings is 1. The summed E-state index contributed by atoms with van der Waals surface area (Å²) in [6.07, 6.45) is 3.67. The normalized spacial score (nSPS) is 16.5. The average Bonchev–Trinajstić information content (AvgIpc) is 2.40. The van der Waals surface area contributed by atoms with Gasteiger partial charge in [-0.15, -0.1) is 6.58 Å². The zero-order chi connectivity index (χ0) is 12.1. The highest BCUT2D eigenvalue weighted by molar-refractivity contribution is 5.53. The van der Waals surface area contributed by atoms with Gasteiger partial charge in [0.05, 0.1) is 5.56 Å². The minimum absolute atomic E-state index is 0.657. The molecule has 0 amide bonds. The number of nitriles is 1. The summed E-state index contributed by atoms with van der Waals surface area (Å²) in [6.45, 7) is 8.50. The molecule has 1 saturated heterocycles. The number of aromatic nitrogens is 1. The van der Waals surface area contributed by atoms with Gasteiger partial charge >= 0.3 is 0 Å². The summed E-state index contributed by atoms with van der Waals surface area (Å²) >= 11 is 0. The Labute approximate surface area is 102 Å². The summed E-state index contributed by atoms with van der Waals surface area (Å²) in [4.78, 5) is 8.83. The van der Waals surface area contributed by atoms with Crippen molar-refractivity contribution in [2.45, 2.75) is 0 Å². The van der Waals surface area contributed by atoms with Crippen LogP contribution >= 0.6 is 0 Å². The Kier molecular flexibility index (Phi) is 3.73. The molecule has 1 aliphatic rings. The molecule has 88 valence electrons. The molecule has 0 radical (unpaired) electrons. The molecule has 0 spiro atoms. The molecule has 2 heterocycles. The van der Waals surface area contributed by atoms with E-state index in [9.17, 15) is 0 Å². The fourth-order valence-electron chi connectivity index (χ4n) is 2.06. The minimum Gasteiger partial charge on any atom is -0.353 e. The molecular formula is C13H16N4. The first kappa shape index (κ1) is 11.6. The molecule has 0 saturated carbocycles. The molecule has 1 aliphatic heterocycles. The van der Waals surface area contributed by atoms with E-state index >= 15 is 0 Å². The number of hydrogen-bond donors (Lipinski definition) is 0. The molecule has 0 atom stereocenters. The lowest BCUT2D eigenvalue weighted by Crippen LogP contribution is -2.46. The van der Waals surface area contributed by atoms with Gasteiger partial charge in [-0.05, 0) is 12.1 Å². The van der Waals surface area contributed by atoms with Crippen LogP contribution in [0.3, 0.4) is 0 Å². The summed E-state index contributed by atoms with van der Waals surface area (Å²) in [5.74, 6) is 0.813. The molecule has 1 aromatic heterocycles. The van der Waals surface area contributed by atoms with Gasteiger partial charge in [-0.2, -0.15) is 5.26 Å². The first-order valence-electron chi connectivity index (χ1n) is 5.78. The van der Waals surface area contributed by atoms with Crippen molar-refractivity contribution >= 4 is 5.82 Å². The predicted octanol–water partition coefficient (Wildman–Crippen LogP) is 1.26. The summed E-state index contributed by atoms with van der Waals surface area (Å²) in [5.41, 5.74) is 0.657. The quantitative estimate of drug-likeness (QED) is 0.731. The van der Waals surface area contributed by atoms with E-state index in [4.69, 9.17) is 5.26 Å². The van der Waals surface area contributed by atoms with Crippen molar-refractivity contribution in [1.82, 2.24) is 9.88 Å². The number of piperazine rings is 1. The van der Waals surface area contributed by atoms with E-state index in [1.807, 2.05) is 12.1 Å². The van der Waals surface area contributed by atoms with Crippen LogP contribution in [-0.2, 0) is 0 Å². The van der Waals surface area contributed by atoms with E-state index < -0.39 is 0 Å². The molecule has 0 aliphatic carbocycles. The van der Waals surface area contributed by atoms with Crippen LogP contribution in [-0.4, -0.2) is 42.6 Å². The van der Waals surface area contributed by atoms with Gasteiger partial charge in [0.2, 0.25) is 0 Å². The lowest BCUT2D eigenvalue weighted by Gasteiger charge is -2.35. The second kappa shape index (κ2) is 5.46. The topological polar surface area (TPSA) is 43.2 Å². The van der Waals surface area contributed by atoms with Crippen LogP contribution in [0.15, 0.2) is 31.0 Å². The van der Waals surface area contributed by atoms with Gasteiger partial charge in [0.15, 0.2) is 0 Å². The fraction of sp³-hybridized carbons (Fsp3) is 0.385. The van der Waals surface area contributed by atoms with E-state index in [-0.39, 0.29) is 0 Å². The van der Waals surface area contributed by atoms with Crippen LogP contribution in [0.1, 0.15) is 5.56 Å². The molecule has 2 rings (SSSR count). The van der Waals surface area contributed by atoms with Gasteiger partial charge in [-0.3, -0.25) is 4.90 Å². The van der Waals surface area contributed by atoms with E-state index in [0.29, 0.717) is 5.56 Å². The highest BCUT2D eigenvalue weighted by atomic mass is 15.3. The molecule has 0 unspecified atom stereocenters. The smallest absolute Gasteiger partial charge is 0.146 e. The molecule has 1 aromatic rings. The Balaban J connectivity index is 2.05. The van der Waals surface area contributed by atoms with Crippen LogP contribution < -0.4 is 4.90 Å². The van der Waals surface area contributed by atoms with Crippen LogP contribution in [0.5, 0.6) is 0 Å². The SMILES string of the molecule is C=CCN1CCN(c2ncccc2C#N)CC1. The van der Waals surface area contributed by atoms with Crippen LogP contribution in [0.2, 0.25) is 0 Å². The van der Waals surface area contributed by atoms with Gasteiger partial charge in [-0.1, -0.05) is 6.08 Å². The number of hydrogen-bond acceptors (Lipinski definition) is 4. The summed E-state index contributed by atoms with van der Waals surface area (Å²) in [7, 11) is 0. The van der Waals surface area contributed by atoms with Gasteiger partial charge in [-0.25, -0.2) is 4.98 Å². The standard InChI is InChI=1S/C13H16N4/c1-2-6-16-7-9-17(10-8-16)13-12(11-14)4-3-5-15-13/h2-5H,1,6-10H2. The fourth-order valence-corrected chi connectivity index (χ4v) is 2.06. The number of anilines is 1. The maximum Gasteiger partial charge on any atom is 0.146 e. The summed E-state index contributed by atoms with van der Waals surface area (Å²) < 4.78 is 0. The first-order valence-corrected chi connectivity index (χ1v) is 5.78. The van der Waals surface area contributed by atoms with E-state index in [1.165, 1.54) is 0 Å². The van der Waals surface area contributed by atoms with Gasteiger partial charge in [0, 0.05) is 38.9 Å². The molecule has 4 heteroatoms. The van der Waals surface area contributed by atoms with E-state index in [1.54, 1.807) is 12.3 Å². The zero-order valence-electron chi connectivity index (χ0n) is 9.84. The Morgan fingerprint density at radius 2 is 2.18 bits per heavy atom. The number of nitrogens with zero attached hydrogens (tertiary/aromatic N) is 4. The Morgan fingerprint density at radius 3 is 2.82 bits per heavy atom. The van der Waals surface area contributed by atoms with Crippen molar-refractivity contribution in [3.63, 3.8) is 0 Å². The Hall–Kier alpha value is -1.86. The summed E-state index contributed by atoms with van der Waals surface area (Å²) in [6, 6.07) is 5.81. The average molecular weight is 228 g/mol. The predicted molar refractivity (Wildman–Crippen MR) is 67.8 cm³/mol. The molecule has 17 heavy (non-hydrogen) atoms. The molecule has 1 fully saturated rings. The van der Waals surface area contributed by atoms with Crippen molar-refractivity contribution in [2.75, 3.05) is 37.6 Å². The summed E-state index contributed by atoms with van der Waals surface area (Å²) in [5, 5.41) is 9.04. The van der Waals surface area contributed by atoms with Crippen LogP contribution in [0, 0.1) is 11.3 Å². The monoisotopic (exact) mass is 228 g/mol. The number of rotatable bonds is 3. The second-order valence-electron chi connectivity index (χ2n) is 4.06. The largest absolute Gasteiger partial charge is 0.353 e. The van der Waals surface area contributed by atoms with Crippen molar-refractivity contribution in [1.29, 1.82) is 5.26 Å². The molecule has 0 N–H and O–H groups in total. The van der Waals surface area contributed by atoms with Gasteiger partial charge in [0.1, 0.15) is 11.9 Å². The van der Waals surface area contributed by atoms with Crippen molar-refractivity contribution in [2.24, 2.45) is 0 Å². The van der Waals surface area contributed by atoms with Crippen LogP contribution in [0.4, 0.5) is 5.82 Å².